The van der Waals surface area contributed by atoms with Gasteiger partial charge in [0, 0.05) is 16.8 Å². The van der Waals surface area contributed by atoms with E-state index in [-0.39, 0.29) is 18.2 Å². The Bertz CT molecular complexity index is 1040. The molecule has 0 radical (unpaired) electrons. The largest absolute Gasteiger partial charge is 0.369 e. The first-order chi connectivity index (χ1) is 15.6. The van der Waals surface area contributed by atoms with E-state index in [1.165, 1.54) is 0 Å². The molecule has 0 saturated carbocycles. The Morgan fingerprint density at radius 3 is 2.47 bits per heavy atom. The molecule has 0 amide bonds. The van der Waals surface area contributed by atoms with E-state index in [0.29, 0.717) is 36.7 Å². The highest BCUT2D eigenvalue weighted by molar-refractivity contribution is 6.30. The third-order valence-electron chi connectivity index (χ3n) is 5.75. The number of ether oxygens (including phenoxy) is 3. The van der Waals surface area contributed by atoms with Crippen molar-refractivity contribution in [2.24, 2.45) is 0 Å². The van der Waals surface area contributed by atoms with Gasteiger partial charge in [0.25, 0.3) is 0 Å². The van der Waals surface area contributed by atoms with Gasteiger partial charge in [0.05, 0.1) is 19.8 Å². The number of halogens is 2. The summed E-state index contributed by atoms with van der Waals surface area (Å²) in [5, 5.41) is 2.29. The lowest BCUT2D eigenvalue weighted by atomic mass is 9.98. The van der Waals surface area contributed by atoms with Gasteiger partial charge in [-0.3, -0.25) is 0 Å². The Morgan fingerprint density at radius 1 is 0.969 bits per heavy atom. The average Bonchev–Trinajstić information content (AvgIpc) is 2.82. The summed E-state index contributed by atoms with van der Waals surface area (Å²) < 4.78 is 32.1. The van der Waals surface area contributed by atoms with Gasteiger partial charge in [-0.2, -0.15) is 0 Å². The quantitative estimate of drug-likeness (QED) is 0.355. The summed E-state index contributed by atoms with van der Waals surface area (Å²) in [5.74, 6) is -0.132. The van der Waals surface area contributed by atoms with E-state index < -0.39 is 0 Å². The first-order valence-electron chi connectivity index (χ1n) is 11.0. The number of benzene rings is 3. The molecule has 3 nitrogen and oxygen atoms in total. The average molecular weight is 455 g/mol. The highest BCUT2D eigenvalue weighted by Crippen LogP contribution is 2.25. The Balaban J connectivity index is 1.33. The van der Waals surface area contributed by atoms with E-state index in [2.05, 4.69) is 12.6 Å². The van der Waals surface area contributed by atoms with Gasteiger partial charge in [-0.15, -0.1) is 6.58 Å². The molecule has 0 aliphatic carbocycles. The minimum absolute atomic E-state index is 0.0400. The maximum absolute atomic E-state index is 15.1. The van der Waals surface area contributed by atoms with Crippen LogP contribution in [0.5, 0.6) is 0 Å². The van der Waals surface area contributed by atoms with Crippen LogP contribution in [-0.4, -0.2) is 32.2 Å². The van der Waals surface area contributed by atoms with Crippen LogP contribution in [-0.2, 0) is 33.5 Å². The summed E-state index contributed by atoms with van der Waals surface area (Å²) in [6.07, 6.45) is 4.43. The van der Waals surface area contributed by atoms with Crippen LogP contribution in [0.4, 0.5) is 4.39 Å². The molecule has 5 heteroatoms. The fourth-order valence-corrected chi connectivity index (χ4v) is 4.07. The van der Waals surface area contributed by atoms with Crippen molar-refractivity contribution >= 4 is 22.4 Å². The van der Waals surface area contributed by atoms with Gasteiger partial charge >= 0.3 is 0 Å². The van der Waals surface area contributed by atoms with E-state index in [1.54, 1.807) is 6.08 Å². The molecule has 0 aromatic heterocycles. The molecule has 0 atom stereocenters. The van der Waals surface area contributed by atoms with Gasteiger partial charge in [-0.25, -0.2) is 4.39 Å². The van der Waals surface area contributed by atoms with Crippen molar-refractivity contribution in [3.05, 3.63) is 94.8 Å². The molecule has 0 bridgehead atoms. The lowest BCUT2D eigenvalue weighted by Crippen LogP contribution is -2.37. The molecule has 1 aliphatic rings. The molecule has 1 fully saturated rings. The molecule has 3 aromatic carbocycles. The summed E-state index contributed by atoms with van der Waals surface area (Å²) in [6, 6.07) is 17.5. The lowest BCUT2D eigenvalue weighted by molar-refractivity contribution is -0.225. The third kappa shape index (κ3) is 5.96. The second kappa shape index (κ2) is 11.1. The fraction of sp³-hybridized carbons (Fsp3) is 0.333. The predicted octanol–water partition coefficient (Wildman–Crippen LogP) is 6.29. The zero-order valence-electron chi connectivity index (χ0n) is 18.1. The molecule has 1 heterocycles. The molecule has 0 N–H and O–H groups in total. The molecule has 0 spiro atoms. The molecule has 32 heavy (non-hydrogen) atoms. The molecular weight excluding hydrogens is 427 g/mol. The number of rotatable bonds is 9. The summed E-state index contributed by atoms with van der Waals surface area (Å²) in [7, 11) is 0. The summed E-state index contributed by atoms with van der Waals surface area (Å²) in [5.41, 5.74) is 3.02. The van der Waals surface area contributed by atoms with Gasteiger partial charge in [-0.1, -0.05) is 60.1 Å². The molecule has 168 valence electrons. The molecule has 3 aromatic rings. The van der Waals surface area contributed by atoms with Crippen LogP contribution in [0, 0.1) is 5.82 Å². The van der Waals surface area contributed by atoms with E-state index in [9.17, 15) is 0 Å². The van der Waals surface area contributed by atoms with Crippen LogP contribution in [0.1, 0.15) is 23.1 Å². The predicted molar refractivity (Wildman–Crippen MR) is 127 cm³/mol. The van der Waals surface area contributed by atoms with Crippen LogP contribution in [0.15, 0.2) is 67.3 Å². The minimum atomic E-state index is -0.235. The third-order valence-corrected chi connectivity index (χ3v) is 6.00. The van der Waals surface area contributed by atoms with Crippen molar-refractivity contribution < 1.29 is 18.6 Å². The van der Waals surface area contributed by atoms with Crippen LogP contribution >= 0.6 is 11.6 Å². The molecule has 1 aliphatic heterocycles. The van der Waals surface area contributed by atoms with Crippen LogP contribution < -0.4 is 0 Å². The topological polar surface area (TPSA) is 27.7 Å². The van der Waals surface area contributed by atoms with Crippen LogP contribution in [0.25, 0.3) is 10.8 Å². The molecule has 1 saturated heterocycles. The first kappa shape index (κ1) is 22.9. The summed E-state index contributed by atoms with van der Waals surface area (Å²) in [4.78, 5) is 0. The second-order valence-electron chi connectivity index (χ2n) is 8.10. The number of hydrogen-bond donors (Lipinski definition) is 0. The molecule has 4 rings (SSSR count). The van der Waals surface area contributed by atoms with Crippen LogP contribution in [0.3, 0.4) is 0 Å². The van der Waals surface area contributed by atoms with E-state index in [4.69, 9.17) is 25.8 Å². The second-order valence-corrected chi connectivity index (χ2v) is 8.54. The molecular formula is C27H28ClFO3. The minimum Gasteiger partial charge on any atom is -0.369 e. The number of aryl methyl sites for hydroxylation is 3. The summed E-state index contributed by atoms with van der Waals surface area (Å²) >= 11 is 5.94. The fourth-order valence-electron chi connectivity index (χ4n) is 3.94. The Morgan fingerprint density at radius 2 is 1.72 bits per heavy atom. The maximum atomic E-state index is 15.1. The zero-order valence-corrected chi connectivity index (χ0v) is 18.8. The van der Waals surface area contributed by atoms with Gasteiger partial charge in [0.15, 0.2) is 6.29 Å². The zero-order chi connectivity index (χ0) is 22.3. The maximum Gasteiger partial charge on any atom is 0.158 e. The Kier molecular flexibility index (Phi) is 7.93. The van der Waals surface area contributed by atoms with Gasteiger partial charge in [-0.05, 0) is 53.5 Å². The van der Waals surface area contributed by atoms with Crippen molar-refractivity contribution in [3.8, 4) is 0 Å². The lowest BCUT2D eigenvalue weighted by Gasteiger charge is -2.29. The highest BCUT2D eigenvalue weighted by atomic mass is 35.5. The Labute approximate surface area is 193 Å². The SMILES string of the molecule is C=CCOC1COC(CCc2ccc3c(F)c(CCc4ccc(Cl)cc4)ccc3c2)OC1. The smallest absolute Gasteiger partial charge is 0.158 e. The van der Waals surface area contributed by atoms with Crippen molar-refractivity contribution in [2.45, 2.75) is 38.1 Å². The van der Waals surface area contributed by atoms with Gasteiger partial charge < -0.3 is 14.2 Å². The van der Waals surface area contributed by atoms with Gasteiger partial charge in [0.2, 0.25) is 0 Å². The van der Waals surface area contributed by atoms with E-state index in [1.807, 2.05) is 48.5 Å². The first-order valence-corrected chi connectivity index (χ1v) is 11.4. The van der Waals surface area contributed by atoms with E-state index >= 15 is 4.39 Å². The summed E-state index contributed by atoms with van der Waals surface area (Å²) in [6.45, 7) is 5.20. The molecule has 0 unspecified atom stereocenters. The van der Waals surface area contributed by atoms with Crippen molar-refractivity contribution in [2.75, 3.05) is 19.8 Å². The van der Waals surface area contributed by atoms with Crippen molar-refractivity contribution in [1.29, 1.82) is 0 Å². The highest BCUT2D eigenvalue weighted by Gasteiger charge is 2.22. The van der Waals surface area contributed by atoms with Gasteiger partial charge in [0.1, 0.15) is 11.9 Å². The van der Waals surface area contributed by atoms with Crippen molar-refractivity contribution in [3.63, 3.8) is 0 Å². The standard InChI is InChI=1S/C27H28ClFO3/c1-2-15-30-24-17-31-26(32-18-24)14-7-20-6-13-25-22(16-20)10-9-21(27(25)29)8-3-19-4-11-23(28)12-5-19/h2,4-6,9-13,16,24,26H,1,3,7-8,14-15,17-18H2. The van der Waals surface area contributed by atoms with E-state index in [0.717, 1.165) is 41.3 Å². The monoisotopic (exact) mass is 454 g/mol. The number of hydrogen-bond acceptors (Lipinski definition) is 3. The number of fused-ring (bicyclic) bond motifs is 1. The van der Waals surface area contributed by atoms with Crippen molar-refractivity contribution in [1.82, 2.24) is 0 Å². The normalized spacial score (nSPS) is 18.7. The van der Waals surface area contributed by atoms with Crippen LogP contribution in [0.2, 0.25) is 5.02 Å². The Hall–Kier alpha value is -2.24.